The van der Waals surface area contributed by atoms with E-state index in [2.05, 4.69) is 26.1 Å². The zero-order valence-corrected chi connectivity index (χ0v) is 11.6. The number of benzene rings is 1. The highest BCUT2D eigenvalue weighted by atomic mass is 79.9. The Morgan fingerprint density at radius 1 is 1.44 bits per heavy atom. The quantitative estimate of drug-likeness (QED) is 0.917. The van der Waals surface area contributed by atoms with Crippen LogP contribution in [0.1, 0.15) is 12.3 Å². The van der Waals surface area contributed by atoms with Crippen molar-refractivity contribution in [1.29, 1.82) is 0 Å². The number of nitrogens with zero attached hydrogens (tertiary/aromatic N) is 2. The Balaban J connectivity index is 2.20. The van der Waals surface area contributed by atoms with Crippen molar-refractivity contribution < 1.29 is 9.26 Å². The first-order valence-corrected chi connectivity index (χ1v) is 6.40. The number of aryl methyl sites for hydroxylation is 1. The molecule has 0 aliphatic heterocycles. The fourth-order valence-electron chi connectivity index (χ4n) is 1.53. The van der Waals surface area contributed by atoms with E-state index < -0.39 is 0 Å². The molecule has 0 spiro atoms. The van der Waals surface area contributed by atoms with Gasteiger partial charge in [0.2, 0.25) is 11.7 Å². The molecule has 0 atom stereocenters. The van der Waals surface area contributed by atoms with Crippen molar-refractivity contribution in [1.82, 2.24) is 10.1 Å². The molecule has 0 bridgehead atoms. The van der Waals surface area contributed by atoms with Crippen LogP contribution in [0.15, 0.2) is 27.2 Å². The van der Waals surface area contributed by atoms with Gasteiger partial charge in [0.25, 0.3) is 0 Å². The van der Waals surface area contributed by atoms with Crippen LogP contribution in [0, 0.1) is 0 Å². The van der Waals surface area contributed by atoms with Gasteiger partial charge in [-0.2, -0.15) is 4.98 Å². The van der Waals surface area contributed by atoms with E-state index >= 15 is 0 Å². The molecule has 5 nitrogen and oxygen atoms in total. The summed E-state index contributed by atoms with van der Waals surface area (Å²) in [5.74, 6) is 1.96. The van der Waals surface area contributed by atoms with Gasteiger partial charge in [-0.3, -0.25) is 0 Å². The van der Waals surface area contributed by atoms with E-state index in [-0.39, 0.29) is 0 Å². The second kappa shape index (κ2) is 5.97. The lowest BCUT2D eigenvalue weighted by atomic mass is 10.2. The molecule has 1 heterocycles. The first-order valence-electron chi connectivity index (χ1n) is 5.61. The van der Waals surface area contributed by atoms with E-state index in [9.17, 15) is 0 Å². The van der Waals surface area contributed by atoms with Gasteiger partial charge in [-0.15, -0.1) is 0 Å². The number of aromatic nitrogens is 2. The minimum Gasteiger partial charge on any atom is -0.496 e. The summed E-state index contributed by atoms with van der Waals surface area (Å²) in [5.41, 5.74) is 6.32. The van der Waals surface area contributed by atoms with Crippen molar-refractivity contribution in [2.75, 3.05) is 13.7 Å². The zero-order valence-electron chi connectivity index (χ0n) is 10.0. The van der Waals surface area contributed by atoms with Crippen molar-refractivity contribution in [3.63, 3.8) is 0 Å². The molecule has 2 N–H and O–H groups in total. The minimum absolute atomic E-state index is 0.574. The maximum absolute atomic E-state index is 5.44. The van der Waals surface area contributed by atoms with E-state index in [1.807, 2.05) is 18.2 Å². The third-order valence-corrected chi connectivity index (χ3v) is 3.09. The van der Waals surface area contributed by atoms with E-state index in [4.69, 9.17) is 15.0 Å². The Bertz CT molecular complexity index is 528. The fourth-order valence-corrected chi connectivity index (χ4v) is 2.07. The first kappa shape index (κ1) is 13.0. The number of halogens is 1. The molecule has 0 amide bonds. The predicted molar refractivity (Wildman–Crippen MR) is 71.4 cm³/mol. The van der Waals surface area contributed by atoms with Crippen molar-refractivity contribution in [2.24, 2.45) is 5.73 Å². The lowest BCUT2D eigenvalue weighted by Crippen LogP contribution is -2.00. The molecule has 6 heteroatoms. The number of methoxy groups -OCH3 is 1. The van der Waals surface area contributed by atoms with Gasteiger partial charge >= 0.3 is 0 Å². The van der Waals surface area contributed by atoms with Crippen LogP contribution in [0.3, 0.4) is 0 Å². The Hall–Kier alpha value is -1.40. The largest absolute Gasteiger partial charge is 0.496 e. The summed E-state index contributed by atoms with van der Waals surface area (Å²) in [7, 11) is 1.62. The van der Waals surface area contributed by atoms with Crippen molar-refractivity contribution >= 4 is 15.9 Å². The molecule has 1 aromatic carbocycles. The zero-order chi connectivity index (χ0) is 13.0. The number of nitrogens with two attached hydrogens (primary N) is 1. The van der Waals surface area contributed by atoms with Gasteiger partial charge in [0.05, 0.1) is 11.6 Å². The summed E-state index contributed by atoms with van der Waals surface area (Å²) in [6.45, 7) is 0.617. The van der Waals surface area contributed by atoms with E-state index in [1.165, 1.54) is 0 Å². The van der Waals surface area contributed by atoms with E-state index in [1.54, 1.807) is 7.11 Å². The highest BCUT2D eigenvalue weighted by molar-refractivity contribution is 9.10. The van der Waals surface area contributed by atoms with Crippen LogP contribution >= 0.6 is 15.9 Å². The summed E-state index contributed by atoms with van der Waals surface area (Å²) >= 11 is 3.43. The lowest BCUT2D eigenvalue weighted by Gasteiger charge is -2.03. The van der Waals surface area contributed by atoms with Crippen LogP contribution in [-0.2, 0) is 6.42 Å². The van der Waals surface area contributed by atoms with Crippen molar-refractivity contribution in [3.05, 3.63) is 28.6 Å². The van der Waals surface area contributed by atoms with Crippen molar-refractivity contribution in [3.8, 4) is 17.1 Å². The normalized spacial score (nSPS) is 10.6. The minimum atomic E-state index is 0.574. The molecule has 0 fully saturated rings. The summed E-state index contributed by atoms with van der Waals surface area (Å²) < 4.78 is 11.2. The average molecular weight is 312 g/mol. The number of hydrogen-bond donors (Lipinski definition) is 1. The highest BCUT2D eigenvalue weighted by Crippen LogP contribution is 2.29. The van der Waals surface area contributed by atoms with E-state index in [0.717, 1.165) is 22.2 Å². The summed E-state index contributed by atoms with van der Waals surface area (Å²) in [6, 6.07) is 5.65. The third-order valence-electron chi connectivity index (χ3n) is 2.47. The molecule has 0 aliphatic carbocycles. The number of hydrogen-bond acceptors (Lipinski definition) is 5. The molecule has 0 aliphatic rings. The molecule has 96 valence electrons. The second-order valence-corrected chi connectivity index (χ2v) is 4.61. The van der Waals surface area contributed by atoms with Crippen LogP contribution in [-0.4, -0.2) is 23.8 Å². The standard InChI is InChI=1S/C12H14BrN3O2/c1-17-10-5-4-8(7-9(10)13)12-15-11(18-16-12)3-2-6-14/h4-5,7H,2-3,6,14H2,1H3. The topological polar surface area (TPSA) is 74.2 Å². The predicted octanol–water partition coefficient (Wildman–Crippen LogP) is 2.40. The molecule has 0 saturated heterocycles. The van der Waals surface area contributed by atoms with Gasteiger partial charge in [0.15, 0.2) is 0 Å². The van der Waals surface area contributed by atoms with Crippen LogP contribution < -0.4 is 10.5 Å². The molecule has 0 unspecified atom stereocenters. The second-order valence-electron chi connectivity index (χ2n) is 3.75. The highest BCUT2D eigenvalue weighted by Gasteiger charge is 2.10. The maximum atomic E-state index is 5.44. The number of ether oxygens (including phenoxy) is 1. The van der Waals surface area contributed by atoms with Crippen LogP contribution in [0.4, 0.5) is 0 Å². The first-order chi connectivity index (χ1) is 8.74. The molecule has 0 saturated carbocycles. The molecule has 18 heavy (non-hydrogen) atoms. The molecular formula is C12H14BrN3O2. The molecular weight excluding hydrogens is 298 g/mol. The fraction of sp³-hybridized carbons (Fsp3) is 0.333. The van der Waals surface area contributed by atoms with Gasteiger partial charge in [-0.25, -0.2) is 0 Å². The Kier molecular flexibility index (Phi) is 4.33. The summed E-state index contributed by atoms with van der Waals surface area (Å²) in [6.07, 6.45) is 1.55. The third kappa shape index (κ3) is 2.88. The SMILES string of the molecule is COc1ccc(-c2noc(CCCN)n2)cc1Br. The Labute approximate surface area is 113 Å². The van der Waals surface area contributed by atoms with Gasteiger partial charge in [-0.05, 0) is 47.1 Å². The van der Waals surface area contributed by atoms with Gasteiger partial charge in [0.1, 0.15) is 5.75 Å². The van der Waals surface area contributed by atoms with Gasteiger partial charge in [0, 0.05) is 12.0 Å². The Morgan fingerprint density at radius 2 is 2.28 bits per heavy atom. The Morgan fingerprint density at radius 3 is 2.94 bits per heavy atom. The monoisotopic (exact) mass is 311 g/mol. The van der Waals surface area contributed by atoms with Crippen LogP contribution in [0.25, 0.3) is 11.4 Å². The van der Waals surface area contributed by atoms with Crippen molar-refractivity contribution in [2.45, 2.75) is 12.8 Å². The summed E-state index contributed by atoms with van der Waals surface area (Å²) in [5, 5.41) is 3.95. The molecule has 2 aromatic rings. The van der Waals surface area contributed by atoms with Gasteiger partial charge < -0.3 is 15.0 Å². The van der Waals surface area contributed by atoms with Crippen LogP contribution in [0.5, 0.6) is 5.75 Å². The van der Waals surface area contributed by atoms with E-state index in [0.29, 0.717) is 24.7 Å². The molecule has 2 rings (SSSR count). The lowest BCUT2D eigenvalue weighted by molar-refractivity contribution is 0.376. The maximum Gasteiger partial charge on any atom is 0.227 e. The molecule has 0 radical (unpaired) electrons. The average Bonchev–Trinajstić information content (AvgIpc) is 2.85. The number of rotatable bonds is 5. The smallest absolute Gasteiger partial charge is 0.227 e. The summed E-state index contributed by atoms with van der Waals surface area (Å²) in [4.78, 5) is 4.32. The van der Waals surface area contributed by atoms with Crippen LogP contribution in [0.2, 0.25) is 0 Å². The molecule has 1 aromatic heterocycles. The van der Waals surface area contributed by atoms with Gasteiger partial charge in [-0.1, -0.05) is 5.16 Å².